The Balaban J connectivity index is 0.000000414. The van der Waals surface area contributed by atoms with Gasteiger partial charge in [0.2, 0.25) is 0 Å². The van der Waals surface area contributed by atoms with Crippen LogP contribution >= 0.6 is 0 Å². The van der Waals surface area contributed by atoms with Gasteiger partial charge in [0.05, 0.1) is 12.2 Å². The number of fused-ring (bicyclic) bond motifs is 1. The van der Waals surface area contributed by atoms with Crippen molar-refractivity contribution in [3.8, 4) is 0 Å². The summed E-state index contributed by atoms with van der Waals surface area (Å²) in [6.07, 6.45) is 8.52. The van der Waals surface area contributed by atoms with Crippen LogP contribution in [0.4, 0.5) is 0 Å². The molecule has 2 aliphatic carbocycles. The first-order valence-corrected chi connectivity index (χ1v) is 7.94. The van der Waals surface area contributed by atoms with Gasteiger partial charge in [-0.3, -0.25) is 0 Å². The quantitative estimate of drug-likeness (QED) is 0.685. The van der Waals surface area contributed by atoms with Crippen LogP contribution in [0, 0.1) is 11.8 Å². The summed E-state index contributed by atoms with van der Waals surface area (Å²) < 4.78 is 0. The van der Waals surface area contributed by atoms with Crippen LogP contribution in [0.15, 0.2) is 0 Å². The van der Waals surface area contributed by atoms with Crippen molar-refractivity contribution in [3.05, 3.63) is 0 Å². The second-order valence-electron chi connectivity index (χ2n) is 5.87. The summed E-state index contributed by atoms with van der Waals surface area (Å²) in [7, 11) is 0. The average Bonchev–Trinajstić information content (AvgIpc) is 2.31. The molecule has 0 aromatic heterocycles. The zero-order valence-electron chi connectivity index (χ0n) is 12.9. The molecule has 2 N–H and O–H groups in total. The Morgan fingerprint density at radius 1 is 0.667 bits per heavy atom. The van der Waals surface area contributed by atoms with Gasteiger partial charge in [-0.15, -0.1) is 0 Å². The highest BCUT2D eigenvalue weighted by Crippen LogP contribution is 2.40. The summed E-state index contributed by atoms with van der Waals surface area (Å²) in [5.74, 6) is 1.41. The fraction of sp³-hybridized carbons (Fsp3) is 1.00. The van der Waals surface area contributed by atoms with E-state index in [4.69, 9.17) is 0 Å². The molecule has 0 amide bonds. The van der Waals surface area contributed by atoms with E-state index >= 15 is 0 Å². The Bertz CT molecular complexity index is 162. The van der Waals surface area contributed by atoms with E-state index in [0.29, 0.717) is 11.8 Å². The number of hydrogen-bond acceptors (Lipinski definition) is 2. The highest BCUT2D eigenvalue weighted by Gasteiger charge is 2.34. The Hall–Kier alpha value is -0.0800. The van der Waals surface area contributed by atoms with Crippen molar-refractivity contribution in [3.63, 3.8) is 0 Å². The molecule has 0 aromatic carbocycles. The molecule has 2 nitrogen and oxygen atoms in total. The minimum atomic E-state index is -0.0542. The topological polar surface area (TPSA) is 40.5 Å². The third-order valence-corrected chi connectivity index (χ3v) is 3.56. The fourth-order valence-corrected chi connectivity index (χ4v) is 2.84. The van der Waals surface area contributed by atoms with Crippen LogP contribution in [-0.4, -0.2) is 22.4 Å². The molecule has 0 bridgehead atoms. The van der Waals surface area contributed by atoms with Crippen molar-refractivity contribution in [2.24, 2.45) is 11.8 Å². The van der Waals surface area contributed by atoms with Crippen molar-refractivity contribution >= 4 is 0 Å². The van der Waals surface area contributed by atoms with Crippen LogP contribution in [0.1, 0.15) is 79.1 Å². The number of aliphatic hydroxyl groups excluding tert-OH is 2. The Kier molecular flexibility index (Phi) is 10.8. The predicted octanol–water partition coefficient (Wildman–Crippen LogP) is 4.14. The summed E-state index contributed by atoms with van der Waals surface area (Å²) in [6.45, 7) is 8.50. The van der Waals surface area contributed by atoms with E-state index in [1.807, 2.05) is 0 Å². The number of rotatable bonds is 0. The molecule has 2 fully saturated rings. The molecule has 110 valence electrons. The standard InChI is InChI=1S/C10H18O2.2C3H8/c11-9-3-1-7-5-10(12)4-2-8(7)6-9;2*1-3-2/h7-12H,1-6H2;2*3H2,1-2H3. The van der Waals surface area contributed by atoms with Gasteiger partial charge in [0, 0.05) is 0 Å². The maximum Gasteiger partial charge on any atom is 0.0543 e. The van der Waals surface area contributed by atoms with Gasteiger partial charge in [0.15, 0.2) is 0 Å². The molecule has 0 saturated heterocycles. The minimum Gasteiger partial charge on any atom is -0.393 e. The maximum atomic E-state index is 9.45. The van der Waals surface area contributed by atoms with E-state index in [-0.39, 0.29) is 12.2 Å². The monoisotopic (exact) mass is 258 g/mol. The normalized spacial score (nSPS) is 34.3. The van der Waals surface area contributed by atoms with Gasteiger partial charge in [-0.25, -0.2) is 0 Å². The molecule has 4 unspecified atom stereocenters. The van der Waals surface area contributed by atoms with Crippen LogP contribution in [-0.2, 0) is 0 Å². The highest BCUT2D eigenvalue weighted by atomic mass is 16.3. The summed E-state index contributed by atoms with van der Waals surface area (Å²) >= 11 is 0. The lowest BCUT2D eigenvalue weighted by Crippen LogP contribution is -2.34. The molecular formula is C16H34O2. The van der Waals surface area contributed by atoms with Crippen molar-refractivity contribution in [2.45, 2.75) is 91.3 Å². The lowest BCUT2D eigenvalue weighted by molar-refractivity contribution is 0.00480. The Labute approximate surface area is 114 Å². The summed E-state index contributed by atoms with van der Waals surface area (Å²) in [5.41, 5.74) is 0. The van der Waals surface area contributed by atoms with E-state index in [2.05, 4.69) is 27.7 Å². The van der Waals surface area contributed by atoms with E-state index < -0.39 is 0 Å². The van der Waals surface area contributed by atoms with Crippen LogP contribution in [0.5, 0.6) is 0 Å². The maximum absolute atomic E-state index is 9.45. The molecule has 0 spiro atoms. The first-order chi connectivity index (χ1) is 8.58. The number of aliphatic hydroxyl groups is 2. The largest absolute Gasteiger partial charge is 0.393 e. The van der Waals surface area contributed by atoms with E-state index in [9.17, 15) is 10.2 Å². The molecule has 2 rings (SSSR count). The first kappa shape index (κ1) is 17.9. The van der Waals surface area contributed by atoms with Gasteiger partial charge in [-0.1, -0.05) is 40.5 Å². The third-order valence-electron chi connectivity index (χ3n) is 3.56. The fourth-order valence-electron chi connectivity index (χ4n) is 2.84. The smallest absolute Gasteiger partial charge is 0.0543 e. The number of hydrogen-bond donors (Lipinski definition) is 2. The van der Waals surface area contributed by atoms with Crippen LogP contribution < -0.4 is 0 Å². The molecule has 0 radical (unpaired) electrons. The third kappa shape index (κ3) is 7.38. The first-order valence-electron chi connectivity index (χ1n) is 7.94. The molecule has 2 saturated carbocycles. The van der Waals surface area contributed by atoms with Gasteiger partial charge >= 0.3 is 0 Å². The van der Waals surface area contributed by atoms with Gasteiger partial charge in [0.25, 0.3) is 0 Å². The molecular weight excluding hydrogens is 224 g/mol. The van der Waals surface area contributed by atoms with Gasteiger partial charge in [-0.2, -0.15) is 0 Å². The van der Waals surface area contributed by atoms with E-state index in [1.54, 1.807) is 0 Å². The molecule has 18 heavy (non-hydrogen) atoms. The molecule has 2 heteroatoms. The molecule has 0 aromatic rings. The van der Waals surface area contributed by atoms with Crippen molar-refractivity contribution in [2.75, 3.05) is 0 Å². The molecule has 2 aliphatic rings. The minimum absolute atomic E-state index is 0.0542. The Morgan fingerprint density at radius 2 is 0.944 bits per heavy atom. The van der Waals surface area contributed by atoms with Gasteiger partial charge < -0.3 is 10.2 Å². The lowest BCUT2D eigenvalue weighted by atomic mass is 9.69. The van der Waals surface area contributed by atoms with Crippen molar-refractivity contribution in [1.82, 2.24) is 0 Å². The molecule has 0 aliphatic heterocycles. The Morgan fingerprint density at radius 3 is 1.22 bits per heavy atom. The zero-order valence-corrected chi connectivity index (χ0v) is 12.9. The van der Waals surface area contributed by atoms with Crippen LogP contribution in [0.3, 0.4) is 0 Å². The highest BCUT2D eigenvalue weighted by molar-refractivity contribution is 4.85. The summed E-state index contributed by atoms with van der Waals surface area (Å²) in [4.78, 5) is 0. The van der Waals surface area contributed by atoms with Gasteiger partial charge in [0.1, 0.15) is 0 Å². The molecule has 0 heterocycles. The van der Waals surface area contributed by atoms with Crippen molar-refractivity contribution < 1.29 is 10.2 Å². The average molecular weight is 258 g/mol. The molecule has 4 atom stereocenters. The lowest BCUT2D eigenvalue weighted by Gasteiger charge is -2.39. The summed E-state index contributed by atoms with van der Waals surface area (Å²) in [5, 5.41) is 18.9. The second-order valence-corrected chi connectivity index (χ2v) is 5.87. The second kappa shape index (κ2) is 10.8. The summed E-state index contributed by atoms with van der Waals surface area (Å²) in [6, 6.07) is 0. The van der Waals surface area contributed by atoms with Crippen LogP contribution in [0.25, 0.3) is 0 Å². The van der Waals surface area contributed by atoms with Crippen LogP contribution in [0.2, 0.25) is 0 Å². The van der Waals surface area contributed by atoms with Crippen molar-refractivity contribution in [1.29, 1.82) is 0 Å². The SMILES string of the molecule is CCC.CCC.OC1CCC2CC(O)CCC2C1. The zero-order chi connectivity index (χ0) is 14.0. The van der Waals surface area contributed by atoms with E-state index in [0.717, 1.165) is 38.5 Å². The van der Waals surface area contributed by atoms with E-state index in [1.165, 1.54) is 12.8 Å². The predicted molar refractivity (Wildman–Crippen MR) is 78.6 cm³/mol. The van der Waals surface area contributed by atoms with Gasteiger partial charge in [-0.05, 0) is 50.4 Å².